The van der Waals surface area contributed by atoms with Crippen LogP contribution in [0.4, 0.5) is 0 Å². The highest BCUT2D eigenvalue weighted by atomic mass is 32.2. The molecule has 2 fully saturated rings. The quantitative estimate of drug-likeness (QED) is 0.806. The summed E-state index contributed by atoms with van der Waals surface area (Å²) in [4.78, 5) is 0. The van der Waals surface area contributed by atoms with Crippen LogP contribution in [-0.2, 0) is 10.2 Å². The van der Waals surface area contributed by atoms with Gasteiger partial charge in [-0.2, -0.15) is 17.0 Å². The molecule has 1 aliphatic carbocycles. The van der Waals surface area contributed by atoms with Crippen LogP contribution in [0.1, 0.15) is 39.0 Å². The van der Waals surface area contributed by atoms with Crippen LogP contribution >= 0.6 is 0 Å². The van der Waals surface area contributed by atoms with Gasteiger partial charge in [0.25, 0.3) is 10.2 Å². The van der Waals surface area contributed by atoms with E-state index in [1.807, 2.05) is 6.92 Å². The van der Waals surface area contributed by atoms with Crippen LogP contribution in [0.15, 0.2) is 0 Å². The van der Waals surface area contributed by atoms with Crippen LogP contribution in [0, 0.1) is 5.92 Å². The fourth-order valence-corrected chi connectivity index (χ4v) is 4.62. The molecule has 0 spiro atoms. The maximum atomic E-state index is 12.6. The molecule has 2 aliphatic rings. The molecule has 106 valence electrons. The largest absolute Gasteiger partial charge is 0.329 e. The van der Waals surface area contributed by atoms with Crippen LogP contribution in [0.5, 0.6) is 0 Å². The lowest BCUT2D eigenvalue weighted by Gasteiger charge is -2.38. The van der Waals surface area contributed by atoms with E-state index in [1.165, 1.54) is 0 Å². The van der Waals surface area contributed by atoms with E-state index in [4.69, 9.17) is 5.73 Å². The standard InChI is InChI=1S/C12H25N3O2S/c1-10(11-6-7-11)14(2)18(16,17)15-8-4-3-5-12(15)9-13/h10-12H,3-9,13H2,1-2H3. The van der Waals surface area contributed by atoms with Crippen molar-refractivity contribution in [2.45, 2.75) is 51.1 Å². The molecule has 0 aromatic heterocycles. The Morgan fingerprint density at radius 1 is 1.33 bits per heavy atom. The summed E-state index contributed by atoms with van der Waals surface area (Å²) in [6, 6.07) is 0.0907. The average Bonchev–Trinajstić information content (AvgIpc) is 3.21. The van der Waals surface area contributed by atoms with Gasteiger partial charge in [-0.15, -0.1) is 0 Å². The number of hydrogen-bond acceptors (Lipinski definition) is 3. The van der Waals surface area contributed by atoms with Gasteiger partial charge in [-0.25, -0.2) is 0 Å². The minimum absolute atomic E-state index is 0.0161. The van der Waals surface area contributed by atoms with E-state index in [1.54, 1.807) is 15.7 Å². The Morgan fingerprint density at radius 3 is 2.56 bits per heavy atom. The van der Waals surface area contributed by atoms with Crippen molar-refractivity contribution in [2.75, 3.05) is 20.1 Å². The van der Waals surface area contributed by atoms with Crippen molar-refractivity contribution in [3.63, 3.8) is 0 Å². The Bertz CT molecular complexity index is 381. The van der Waals surface area contributed by atoms with Crippen LogP contribution < -0.4 is 5.73 Å². The van der Waals surface area contributed by atoms with Gasteiger partial charge in [-0.05, 0) is 38.5 Å². The molecule has 1 heterocycles. The molecule has 6 heteroatoms. The Balaban J connectivity index is 2.12. The number of hydrogen-bond donors (Lipinski definition) is 1. The first-order valence-corrected chi connectivity index (χ1v) is 8.33. The van der Waals surface area contributed by atoms with Crippen molar-refractivity contribution < 1.29 is 8.42 Å². The van der Waals surface area contributed by atoms with Crippen molar-refractivity contribution in [3.05, 3.63) is 0 Å². The Hall–Kier alpha value is -0.170. The second-order valence-electron chi connectivity index (χ2n) is 5.60. The molecule has 0 aromatic carbocycles. The second-order valence-corrected chi connectivity index (χ2v) is 7.54. The van der Waals surface area contributed by atoms with Gasteiger partial charge < -0.3 is 5.73 Å². The first-order valence-electron chi connectivity index (χ1n) is 6.93. The van der Waals surface area contributed by atoms with E-state index in [0.717, 1.165) is 32.1 Å². The van der Waals surface area contributed by atoms with Gasteiger partial charge in [0.05, 0.1) is 0 Å². The van der Waals surface area contributed by atoms with Crippen molar-refractivity contribution >= 4 is 10.2 Å². The molecule has 1 saturated carbocycles. The molecule has 5 nitrogen and oxygen atoms in total. The monoisotopic (exact) mass is 275 g/mol. The number of nitrogens with two attached hydrogens (primary N) is 1. The first-order chi connectivity index (χ1) is 8.48. The zero-order valence-electron chi connectivity index (χ0n) is 11.4. The molecule has 0 amide bonds. The summed E-state index contributed by atoms with van der Waals surface area (Å²) in [6.07, 6.45) is 5.22. The molecule has 2 N–H and O–H groups in total. The van der Waals surface area contributed by atoms with Gasteiger partial charge in [-0.1, -0.05) is 6.42 Å². The maximum Gasteiger partial charge on any atom is 0.282 e. The summed E-state index contributed by atoms with van der Waals surface area (Å²) in [5.74, 6) is 0.547. The molecule has 2 atom stereocenters. The van der Waals surface area contributed by atoms with Crippen LogP contribution in [0.3, 0.4) is 0 Å². The van der Waals surface area contributed by atoms with Gasteiger partial charge >= 0.3 is 0 Å². The highest BCUT2D eigenvalue weighted by molar-refractivity contribution is 7.86. The highest BCUT2D eigenvalue weighted by Crippen LogP contribution is 2.36. The van der Waals surface area contributed by atoms with Gasteiger partial charge in [0, 0.05) is 32.2 Å². The lowest BCUT2D eigenvalue weighted by atomic mass is 10.1. The van der Waals surface area contributed by atoms with Gasteiger partial charge in [0.2, 0.25) is 0 Å². The van der Waals surface area contributed by atoms with E-state index in [-0.39, 0.29) is 12.1 Å². The maximum absolute atomic E-state index is 12.6. The predicted octanol–water partition coefficient (Wildman–Crippen LogP) is 0.775. The summed E-state index contributed by atoms with van der Waals surface area (Å²) in [5, 5.41) is 0. The average molecular weight is 275 g/mol. The minimum atomic E-state index is -3.34. The SMILES string of the molecule is CC(C1CC1)N(C)S(=O)(=O)N1CCCCC1CN. The fraction of sp³-hybridized carbons (Fsp3) is 1.00. The van der Waals surface area contributed by atoms with Crippen molar-refractivity contribution in [3.8, 4) is 0 Å². The lowest BCUT2D eigenvalue weighted by molar-refractivity contribution is 0.228. The smallest absolute Gasteiger partial charge is 0.282 e. The summed E-state index contributed by atoms with van der Waals surface area (Å²) >= 11 is 0. The van der Waals surface area contributed by atoms with Crippen molar-refractivity contribution in [2.24, 2.45) is 11.7 Å². The molecule has 0 bridgehead atoms. The molecule has 18 heavy (non-hydrogen) atoms. The Labute approximate surface area is 110 Å². The Kier molecular flexibility index (Phi) is 4.31. The third-order valence-corrected chi connectivity index (χ3v) is 6.52. The third kappa shape index (κ3) is 2.71. The van der Waals surface area contributed by atoms with Crippen LogP contribution in [0.2, 0.25) is 0 Å². The molecule has 2 rings (SSSR count). The molecular formula is C12H25N3O2S. The molecule has 1 aliphatic heterocycles. The summed E-state index contributed by atoms with van der Waals surface area (Å²) in [5.41, 5.74) is 5.71. The summed E-state index contributed by atoms with van der Waals surface area (Å²) in [6.45, 7) is 3.05. The second kappa shape index (κ2) is 5.45. The van der Waals surface area contributed by atoms with Gasteiger partial charge in [0.15, 0.2) is 0 Å². The molecular weight excluding hydrogens is 250 g/mol. The normalized spacial score (nSPS) is 28.6. The van der Waals surface area contributed by atoms with Gasteiger partial charge in [-0.3, -0.25) is 0 Å². The number of piperidine rings is 1. The predicted molar refractivity (Wildman–Crippen MR) is 72.3 cm³/mol. The minimum Gasteiger partial charge on any atom is -0.329 e. The number of nitrogens with zero attached hydrogens (tertiary/aromatic N) is 2. The zero-order chi connectivity index (χ0) is 13.3. The highest BCUT2D eigenvalue weighted by Gasteiger charge is 2.40. The van der Waals surface area contributed by atoms with E-state index in [2.05, 4.69) is 0 Å². The van der Waals surface area contributed by atoms with Gasteiger partial charge in [0.1, 0.15) is 0 Å². The molecule has 0 aromatic rings. The fourth-order valence-electron chi connectivity index (χ4n) is 2.76. The summed E-state index contributed by atoms with van der Waals surface area (Å²) in [7, 11) is -1.63. The van der Waals surface area contributed by atoms with E-state index < -0.39 is 10.2 Å². The zero-order valence-corrected chi connectivity index (χ0v) is 12.2. The number of rotatable bonds is 5. The van der Waals surface area contributed by atoms with Crippen LogP contribution in [0.25, 0.3) is 0 Å². The molecule has 0 radical (unpaired) electrons. The topological polar surface area (TPSA) is 66.6 Å². The van der Waals surface area contributed by atoms with Crippen molar-refractivity contribution in [1.29, 1.82) is 0 Å². The molecule has 2 unspecified atom stereocenters. The third-order valence-electron chi connectivity index (χ3n) is 4.38. The van der Waals surface area contributed by atoms with E-state index in [0.29, 0.717) is 19.0 Å². The summed E-state index contributed by atoms with van der Waals surface area (Å²) < 4.78 is 28.4. The first kappa shape index (κ1) is 14.2. The molecule has 1 saturated heterocycles. The van der Waals surface area contributed by atoms with E-state index in [9.17, 15) is 8.42 Å². The van der Waals surface area contributed by atoms with E-state index >= 15 is 0 Å². The lowest BCUT2D eigenvalue weighted by Crippen LogP contribution is -2.54. The Morgan fingerprint density at radius 2 is 2.00 bits per heavy atom. The van der Waals surface area contributed by atoms with Crippen molar-refractivity contribution in [1.82, 2.24) is 8.61 Å². The van der Waals surface area contributed by atoms with Crippen LogP contribution in [-0.4, -0.2) is 49.2 Å².